The Hall–Kier alpha value is -1.31. The van der Waals surface area contributed by atoms with E-state index in [1.165, 1.54) is 0 Å². The highest BCUT2D eigenvalue weighted by Crippen LogP contribution is 2.28. The van der Waals surface area contributed by atoms with Crippen molar-refractivity contribution in [2.24, 2.45) is 0 Å². The van der Waals surface area contributed by atoms with Gasteiger partial charge in [-0.2, -0.15) is 0 Å². The SMILES string of the molecule is C#CCOC(CBr)(C(=O)O)c1ccccc1. The van der Waals surface area contributed by atoms with Gasteiger partial charge in [0.1, 0.15) is 6.61 Å². The summed E-state index contributed by atoms with van der Waals surface area (Å²) < 4.78 is 5.29. The van der Waals surface area contributed by atoms with Gasteiger partial charge in [0.05, 0.1) is 0 Å². The van der Waals surface area contributed by atoms with E-state index in [0.29, 0.717) is 5.56 Å². The third-order valence-electron chi connectivity index (χ3n) is 2.18. The number of benzene rings is 1. The van der Waals surface area contributed by atoms with E-state index in [0.717, 1.165) is 0 Å². The number of carboxylic acids is 1. The molecular weight excluding hydrogens is 272 g/mol. The van der Waals surface area contributed by atoms with Gasteiger partial charge in [0.25, 0.3) is 0 Å². The van der Waals surface area contributed by atoms with E-state index >= 15 is 0 Å². The molecule has 0 saturated heterocycles. The molecule has 0 aliphatic rings. The monoisotopic (exact) mass is 282 g/mol. The summed E-state index contributed by atoms with van der Waals surface area (Å²) in [5.41, 5.74) is -0.859. The lowest BCUT2D eigenvalue weighted by Gasteiger charge is -2.27. The summed E-state index contributed by atoms with van der Waals surface area (Å²) in [4.78, 5) is 11.3. The highest BCUT2D eigenvalue weighted by atomic mass is 79.9. The van der Waals surface area contributed by atoms with Gasteiger partial charge in [0.2, 0.25) is 5.60 Å². The van der Waals surface area contributed by atoms with Crippen molar-refractivity contribution in [2.75, 3.05) is 11.9 Å². The second-order valence-corrected chi connectivity index (χ2v) is 3.69. The van der Waals surface area contributed by atoms with Crippen molar-refractivity contribution in [1.29, 1.82) is 0 Å². The van der Waals surface area contributed by atoms with Crippen LogP contribution < -0.4 is 0 Å². The fourth-order valence-electron chi connectivity index (χ4n) is 1.31. The van der Waals surface area contributed by atoms with Crippen molar-refractivity contribution >= 4 is 21.9 Å². The van der Waals surface area contributed by atoms with E-state index in [-0.39, 0.29) is 11.9 Å². The molecule has 1 aromatic carbocycles. The van der Waals surface area contributed by atoms with Crippen molar-refractivity contribution in [3.63, 3.8) is 0 Å². The molecule has 0 aromatic heterocycles. The number of terminal acetylenes is 1. The Bertz CT molecular complexity index is 396. The van der Waals surface area contributed by atoms with Gasteiger partial charge < -0.3 is 9.84 Å². The van der Waals surface area contributed by atoms with Gasteiger partial charge in [-0.1, -0.05) is 52.2 Å². The maximum atomic E-state index is 11.3. The summed E-state index contributed by atoms with van der Waals surface area (Å²) in [7, 11) is 0. The molecule has 1 aromatic rings. The second kappa shape index (κ2) is 5.69. The number of rotatable bonds is 5. The third kappa shape index (κ3) is 2.43. The Morgan fingerprint density at radius 1 is 1.50 bits per heavy atom. The zero-order valence-corrected chi connectivity index (χ0v) is 10.1. The molecule has 0 saturated carbocycles. The van der Waals surface area contributed by atoms with Crippen LogP contribution in [0.15, 0.2) is 30.3 Å². The van der Waals surface area contributed by atoms with E-state index in [1.54, 1.807) is 24.3 Å². The first-order valence-corrected chi connectivity index (χ1v) is 5.72. The van der Waals surface area contributed by atoms with Crippen LogP contribution >= 0.6 is 15.9 Å². The fraction of sp³-hybridized carbons (Fsp3) is 0.250. The Morgan fingerprint density at radius 2 is 2.12 bits per heavy atom. The standard InChI is InChI=1S/C12H11BrO3/c1-2-8-16-12(9-13,11(14)15)10-6-4-3-5-7-10/h1,3-7H,8-9H2,(H,14,15). The number of halogens is 1. The summed E-state index contributed by atoms with van der Waals surface area (Å²) in [6.07, 6.45) is 5.09. The molecule has 0 radical (unpaired) electrons. The number of hydrogen-bond donors (Lipinski definition) is 1. The maximum absolute atomic E-state index is 11.3. The van der Waals surface area contributed by atoms with E-state index < -0.39 is 11.6 Å². The van der Waals surface area contributed by atoms with E-state index in [1.807, 2.05) is 6.07 Å². The highest BCUT2D eigenvalue weighted by molar-refractivity contribution is 9.09. The van der Waals surface area contributed by atoms with Crippen molar-refractivity contribution in [3.05, 3.63) is 35.9 Å². The Morgan fingerprint density at radius 3 is 2.56 bits per heavy atom. The van der Waals surface area contributed by atoms with Crippen LogP contribution in [0.5, 0.6) is 0 Å². The number of carboxylic acid groups (broad SMARTS) is 1. The van der Waals surface area contributed by atoms with Crippen LogP contribution in [-0.4, -0.2) is 23.0 Å². The number of ether oxygens (including phenoxy) is 1. The second-order valence-electron chi connectivity index (χ2n) is 3.12. The summed E-state index contributed by atoms with van der Waals surface area (Å²) in [5, 5.41) is 9.42. The minimum absolute atomic E-state index is 0.0488. The van der Waals surface area contributed by atoms with E-state index in [2.05, 4.69) is 21.9 Å². The minimum atomic E-state index is -1.42. The number of alkyl halides is 1. The molecule has 1 unspecified atom stereocenters. The van der Waals surface area contributed by atoms with Gasteiger partial charge >= 0.3 is 5.97 Å². The van der Waals surface area contributed by atoms with Crippen molar-refractivity contribution in [2.45, 2.75) is 5.60 Å². The molecule has 0 fully saturated rings. The minimum Gasteiger partial charge on any atom is -0.479 e. The van der Waals surface area contributed by atoms with Crippen molar-refractivity contribution in [3.8, 4) is 12.3 Å². The van der Waals surface area contributed by atoms with Crippen molar-refractivity contribution in [1.82, 2.24) is 0 Å². The lowest BCUT2D eigenvalue weighted by Crippen LogP contribution is -2.40. The van der Waals surface area contributed by atoms with Crippen LogP contribution in [0.1, 0.15) is 5.56 Å². The van der Waals surface area contributed by atoms with Crippen LogP contribution in [0.4, 0.5) is 0 Å². The summed E-state index contributed by atoms with van der Waals surface area (Å²) in [6, 6.07) is 8.73. The predicted octanol–water partition coefficient (Wildman–Crippen LogP) is 2.01. The molecule has 1 N–H and O–H groups in total. The molecule has 0 amide bonds. The molecule has 1 rings (SSSR count). The fourth-order valence-corrected chi connectivity index (χ4v) is 2.04. The number of aliphatic carboxylic acids is 1. The van der Waals surface area contributed by atoms with Crippen LogP contribution in [0.2, 0.25) is 0 Å². The number of carbonyl (C=O) groups is 1. The van der Waals surface area contributed by atoms with Gasteiger partial charge in [-0.3, -0.25) is 0 Å². The lowest BCUT2D eigenvalue weighted by atomic mass is 9.96. The smallest absolute Gasteiger partial charge is 0.341 e. The molecule has 16 heavy (non-hydrogen) atoms. The Balaban J connectivity index is 3.13. The van der Waals surface area contributed by atoms with Crippen LogP contribution in [0.3, 0.4) is 0 Å². The lowest BCUT2D eigenvalue weighted by molar-refractivity contribution is -0.162. The summed E-state index contributed by atoms with van der Waals surface area (Å²) in [6.45, 7) is -0.0488. The summed E-state index contributed by atoms with van der Waals surface area (Å²) in [5.74, 6) is 1.21. The van der Waals surface area contributed by atoms with Gasteiger partial charge in [0, 0.05) is 5.33 Å². The first-order valence-electron chi connectivity index (χ1n) is 4.59. The third-order valence-corrected chi connectivity index (χ3v) is 2.97. The largest absolute Gasteiger partial charge is 0.479 e. The molecule has 1 atom stereocenters. The van der Waals surface area contributed by atoms with Crippen LogP contribution in [-0.2, 0) is 15.1 Å². The molecule has 84 valence electrons. The number of hydrogen-bond acceptors (Lipinski definition) is 2. The predicted molar refractivity (Wildman–Crippen MR) is 64.3 cm³/mol. The molecule has 0 spiro atoms. The van der Waals surface area contributed by atoms with Gasteiger partial charge in [0.15, 0.2) is 0 Å². The quantitative estimate of drug-likeness (QED) is 0.664. The summed E-state index contributed by atoms with van der Waals surface area (Å²) >= 11 is 3.17. The van der Waals surface area contributed by atoms with E-state index in [9.17, 15) is 9.90 Å². The molecular formula is C12H11BrO3. The van der Waals surface area contributed by atoms with Crippen molar-refractivity contribution < 1.29 is 14.6 Å². The molecule has 0 heterocycles. The topological polar surface area (TPSA) is 46.5 Å². The maximum Gasteiger partial charge on any atom is 0.341 e. The highest BCUT2D eigenvalue weighted by Gasteiger charge is 2.40. The van der Waals surface area contributed by atoms with Crippen LogP contribution in [0, 0.1) is 12.3 Å². The average molecular weight is 283 g/mol. The molecule has 3 nitrogen and oxygen atoms in total. The molecule has 0 aliphatic heterocycles. The normalized spacial score (nSPS) is 13.8. The van der Waals surface area contributed by atoms with Gasteiger partial charge in [-0.25, -0.2) is 4.79 Å². The zero-order valence-electron chi connectivity index (χ0n) is 8.52. The average Bonchev–Trinajstić information content (AvgIpc) is 2.31. The Kier molecular flexibility index (Phi) is 4.53. The molecule has 0 aliphatic carbocycles. The van der Waals surface area contributed by atoms with Gasteiger partial charge in [-0.15, -0.1) is 6.42 Å². The first-order chi connectivity index (χ1) is 7.67. The molecule has 4 heteroatoms. The Labute approximate surface area is 103 Å². The molecule has 0 bridgehead atoms. The van der Waals surface area contributed by atoms with E-state index in [4.69, 9.17) is 11.2 Å². The first kappa shape index (κ1) is 12.8. The van der Waals surface area contributed by atoms with Crippen LogP contribution in [0.25, 0.3) is 0 Å². The van der Waals surface area contributed by atoms with Gasteiger partial charge in [-0.05, 0) is 5.56 Å². The zero-order chi connectivity index (χ0) is 12.0.